The van der Waals surface area contributed by atoms with Gasteiger partial charge in [0, 0.05) is 5.02 Å². The molecule has 20 heavy (non-hydrogen) atoms. The molecule has 2 aromatic carbocycles. The zero-order valence-electron chi connectivity index (χ0n) is 9.73. The van der Waals surface area contributed by atoms with Crippen LogP contribution in [-0.4, -0.2) is 0 Å². The maximum Gasteiger partial charge on any atom is 0.200 e. The molecule has 0 aliphatic carbocycles. The molecule has 0 saturated heterocycles. The molecule has 0 aromatic heterocycles. The molecule has 0 heterocycles. The van der Waals surface area contributed by atoms with Crippen LogP contribution in [0.25, 0.3) is 12.2 Å². The van der Waals surface area contributed by atoms with Gasteiger partial charge in [-0.3, -0.25) is 0 Å². The fourth-order valence-electron chi connectivity index (χ4n) is 1.52. The molecule has 0 fully saturated rings. The second-order valence-electron chi connectivity index (χ2n) is 3.87. The van der Waals surface area contributed by atoms with Crippen LogP contribution in [0, 0.1) is 29.1 Å². The standard InChI is InChI=1S/C14H6ClF5/c15-8-4-1-7(2-5-8)3-6-9-10(16)12(18)14(20)13(19)11(9)17/h1-6H. The zero-order chi connectivity index (χ0) is 14.9. The second kappa shape index (κ2) is 5.63. The quantitative estimate of drug-likeness (QED) is 0.309. The van der Waals surface area contributed by atoms with Gasteiger partial charge in [0.05, 0.1) is 5.56 Å². The van der Waals surface area contributed by atoms with Gasteiger partial charge in [0.2, 0.25) is 5.82 Å². The lowest BCUT2D eigenvalue weighted by atomic mass is 10.1. The van der Waals surface area contributed by atoms with Crippen LogP contribution in [-0.2, 0) is 0 Å². The summed E-state index contributed by atoms with van der Waals surface area (Å²) in [6.45, 7) is 0. The predicted molar refractivity (Wildman–Crippen MR) is 66.6 cm³/mol. The van der Waals surface area contributed by atoms with Crippen molar-refractivity contribution in [1.82, 2.24) is 0 Å². The van der Waals surface area contributed by atoms with Crippen LogP contribution < -0.4 is 0 Å². The van der Waals surface area contributed by atoms with Crippen LogP contribution >= 0.6 is 11.6 Å². The lowest BCUT2D eigenvalue weighted by Gasteiger charge is -2.04. The van der Waals surface area contributed by atoms with E-state index in [-0.39, 0.29) is 0 Å². The van der Waals surface area contributed by atoms with Gasteiger partial charge in [-0.25, -0.2) is 22.0 Å². The van der Waals surface area contributed by atoms with Crippen LogP contribution in [0.15, 0.2) is 24.3 Å². The van der Waals surface area contributed by atoms with Crippen LogP contribution in [0.4, 0.5) is 22.0 Å². The first-order chi connectivity index (χ1) is 9.41. The van der Waals surface area contributed by atoms with Crippen LogP contribution in [0.2, 0.25) is 5.02 Å². The zero-order valence-corrected chi connectivity index (χ0v) is 10.5. The number of rotatable bonds is 2. The maximum atomic E-state index is 13.4. The highest BCUT2D eigenvalue weighted by atomic mass is 35.5. The topological polar surface area (TPSA) is 0 Å². The number of hydrogen-bond donors (Lipinski definition) is 0. The van der Waals surface area contributed by atoms with E-state index >= 15 is 0 Å². The third-order valence-electron chi connectivity index (χ3n) is 2.56. The van der Waals surface area contributed by atoms with Crippen molar-refractivity contribution in [2.24, 2.45) is 0 Å². The molecule has 0 spiro atoms. The average Bonchev–Trinajstić information content (AvgIpc) is 2.45. The third-order valence-corrected chi connectivity index (χ3v) is 2.81. The van der Waals surface area contributed by atoms with Crippen molar-refractivity contribution >= 4 is 23.8 Å². The highest BCUT2D eigenvalue weighted by Gasteiger charge is 2.24. The Labute approximate surface area is 116 Å². The summed E-state index contributed by atoms with van der Waals surface area (Å²) in [5, 5.41) is 0.457. The molecule has 0 aliphatic heterocycles. The van der Waals surface area contributed by atoms with Gasteiger partial charge < -0.3 is 0 Å². The molecule has 0 saturated carbocycles. The summed E-state index contributed by atoms with van der Waals surface area (Å²) in [5.74, 6) is -9.86. The molecule has 0 unspecified atom stereocenters. The third kappa shape index (κ3) is 2.67. The summed E-state index contributed by atoms with van der Waals surface area (Å²) in [6, 6.07) is 6.12. The van der Waals surface area contributed by atoms with Gasteiger partial charge in [-0.15, -0.1) is 0 Å². The molecule has 2 rings (SSSR count). The van der Waals surface area contributed by atoms with Gasteiger partial charge in [-0.05, 0) is 23.8 Å². The monoisotopic (exact) mass is 304 g/mol. The molecule has 0 amide bonds. The van der Waals surface area contributed by atoms with E-state index in [1.54, 1.807) is 0 Å². The fraction of sp³-hybridized carbons (Fsp3) is 0. The summed E-state index contributed by atoms with van der Waals surface area (Å²) >= 11 is 5.65. The minimum absolute atomic E-state index is 0.457. The van der Waals surface area contributed by atoms with Gasteiger partial charge in [0.15, 0.2) is 23.3 Å². The van der Waals surface area contributed by atoms with Gasteiger partial charge in [0.1, 0.15) is 0 Å². The Balaban J connectivity index is 2.46. The second-order valence-corrected chi connectivity index (χ2v) is 4.30. The smallest absolute Gasteiger partial charge is 0.200 e. The molecule has 0 aliphatic rings. The van der Waals surface area contributed by atoms with E-state index in [4.69, 9.17) is 11.6 Å². The summed E-state index contributed by atoms with van der Waals surface area (Å²) < 4.78 is 65.5. The SMILES string of the molecule is Fc1c(F)c(F)c(C=Cc2ccc(Cl)cc2)c(F)c1F. The first-order valence-corrected chi connectivity index (χ1v) is 5.74. The molecule has 0 bridgehead atoms. The number of benzene rings is 2. The van der Waals surface area contributed by atoms with Gasteiger partial charge >= 0.3 is 0 Å². The Hall–Kier alpha value is -1.88. The Kier molecular flexibility index (Phi) is 4.09. The van der Waals surface area contributed by atoms with Crippen molar-refractivity contribution in [3.63, 3.8) is 0 Å². The lowest BCUT2D eigenvalue weighted by Crippen LogP contribution is -2.03. The van der Waals surface area contributed by atoms with Crippen LogP contribution in [0.5, 0.6) is 0 Å². The van der Waals surface area contributed by atoms with Gasteiger partial charge in [0.25, 0.3) is 0 Å². The lowest BCUT2D eigenvalue weighted by molar-refractivity contribution is 0.377. The Morgan fingerprint density at radius 3 is 1.60 bits per heavy atom. The molecule has 0 nitrogen and oxygen atoms in total. The molecule has 0 N–H and O–H groups in total. The van der Waals surface area contributed by atoms with E-state index < -0.39 is 34.6 Å². The summed E-state index contributed by atoms with van der Waals surface area (Å²) in [5.41, 5.74) is -0.491. The predicted octanol–water partition coefficient (Wildman–Crippen LogP) is 5.21. The Bertz CT molecular complexity index is 648. The number of hydrogen-bond acceptors (Lipinski definition) is 0. The van der Waals surface area contributed by atoms with Crippen molar-refractivity contribution < 1.29 is 22.0 Å². The van der Waals surface area contributed by atoms with E-state index in [0.29, 0.717) is 10.6 Å². The van der Waals surface area contributed by atoms with Crippen LogP contribution in [0.3, 0.4) is 0 Å². The summed E-state index contributed by atoms with van der Waals surface area (Å²) in [4.78, 5) is 0. The molecule has 6 heteroatoms. The molecule has 2 aromatic rings. The first kappa shape index (κ1) is 14.5. The normalized spacial score (nSPS) is 11.3. The van der Waals surface area contributed by atoms with Crippen molar-refractivity contribution in [3.8, 4) is 0 Å². The van der Waals surface area contributed by atoms with E-state index in [0.717, 1.165) is 6.08 Å². The van der Waals surface area contributed by atoms with E-state index in [2.05, 4.69) is 0 Å². The average molecular weight is 305 g/mol. The van der Waals surface area contributed by atoms with Gasteiger partial charge in [-0.1, -0.05) is 29.8 Å². The highest BCUT2D eigenvalue weighted by Crippen LogP contribution is 2.24. The van der Waals surface area contributed by atoms with Gasteiger partial charge in [-0.2, -0.15) is 0 Å². The van der Waals surface area contributed by atoms with Crippen LogP contribution in [0.1, 0.15) is 11.1 Å². The molecular weight excluding hydrogens is 299 g/mol. The minimum atomic E-state index is -2.18. The van der Waals surface area contributed by atoms with E-state index in [1.807, 2.05) is 0 Å². The van der Waals surface area contributed by atoms with Crippen molar-refractivity contribution in [2.45, 2.75) is 0 Å². The minimum Gasteiger partial charge on any atom is -0.203 e. The number of halogens is 6. The molecular formula is C14H6ClF5. The first-order valence-electron chi connectivity index (χ1n) is 5.37. The van der Waals surface area contributed by atoms with E-state index in [9.17, 15) is 22.0 Å². The Morgan fingerprint density at radius 1 is 0.650 bits per heavy atom. The fourth-order valence-corrected chi connectivity index (χ4v) is 1.65. The Morgan fingerprint density at radius 2 is 1.10 bits per heavy atom. The maximum absolute atomic E-state index is 13.4. The summed E-state index contributed by atoms with van der Waals surface area (Å²) in [6.07, 6.45) is 2.04. The summed E-state index contributed by atoms with van der Waals surface area (Å²) in [7, 11) is 0. The van der Waals surface area contributed by atoms with E-state index in [1.165, 1.54) is 30.3 Å². The largest absolute Gasteiger partial charge is 0.203 e. The highest BCUT2D eigenvalue weighted by molar-refractivity contribution is 6.30. The van der Waals surface area contributed by atoms with Crippen molar-refractivity contribution in [2.75, 3.05) is 0 Å². The molecule has 0 radical (unpaired) electrons. The molecule has 104 valence electrons. The van der Waals surface area contributed by atoms with Crippen molar-refractivity contribution in [1.29, 1.82) is 0 Å². The molecule has 0 atom stereocenters. The van der Waals surface area contributed by atoms with Crippen molar-refractivity contribution in [3.05, 3.63) is 69.5 Å².